The third kappa shape index (κ3) is 1.86. The van der Waals surface area contributed by atoms with Gasteiger partial charge in [-0.15, -0.1) is 5.69 Å². The standard InChI is InChI=1S/C10H14N.Li/c1-6-5-7(2)9(4)10(11)8(6)3;/h5,11H,1-4H3;/q-1;+1. The molecule has 2 heteroatoms. The van der Waals surface area contributed by atoms with Gasteiger partial charge < -0.3 is 5.73 Å². The molecule has 0 fully saturated rings. The quantitative estimate of drug-likeness (QED) is 0.490. The van der Waals surface area contributed by atoms with Crippen molar-refractivity contribution in [2.75, 3.05) is 0 Å². The Morgan fingerprint density at radius 2 is 1.25 bits per heavy atom. The van der Waals surface area contributed by atoms with Gasteiger partial charge in [0.05, 0.1) is 0 Å². The van der Waals surface area contributed by atoms with Crippen LogP contribution in [0.5, 0.6) is 0 Å². The van der Waals surface area contributed by atoms with Crippen LogP contribution >= 0.6 is 0 Å². The van der Waals surface area contributed by atoms with Crippen LogP contribution in [-0.2, 0) is 0 Å². The molecule has 0 aliphatic carbocycles. The van der Waals surface area contributed by atoms with Gasteiger partial charge in [0.15, 0.2) is 0 Å². The van der Waals surface area contributed by atoms with E-state index >= 15 is 0 Å². The van der Waals surface area contributed by atoms with Crippen molar-refractivity contribution in [3.63, 3.8) is 0 Å². The summed E-state index contributed by atoms with van der Waals surface area (Å²) in [5.41, 5.74) is 13.1. The summed E-state index contributed by atoms with van der Waals surface area (Å²) in [6.07, 6.45) is 0. The van der Waals surface area contributed by atoms with E-state index in [0.29, 0.717) is 5.69 Å². The van der Waals surface area contributed by atoms with Crippen LogP contribution in [0.3, 0.4) is 0 Å². The Morgan fingerprint density at radius 3 is 1.58 bits per heavy atom. The van der Waals surface area contributed by atoms with Crippen molar-refractivity contribution >= 4 is 5.69 Å². The number of rotatable bonds is 0. The van der Waals surface area contributed by atoms with Crippen LogP contribution in [0.1, 0.15) is 22.3 Å². The summed E-state index contributed by atoms with van der Waals surface area (Å²) in [4.78, 5) is 0. The van der Waals surface area contributed by atoms with E-state index in [2.05, 4.69) is 19.9 Å². The fourth-order valence-corrected chi connectivity index (χ4v) is 1.22. The van der Waals surface area contributed by atoms with E-state index in [-0.39, 0.29) is 18.9 Å². The fourth-order valence-electron chi connectivity index (χ4n) is 1.22. The van der Waals surface area contributed by atoms with Crippen molar-refractivity contribution in [2.45, 2.75) is 27.7 Å². The summed E-state index contributed by atoms with van der Waals surface area (Å²) in [6.45, 7) is 8.12. The zero-order valence-corrected chi connectivity index (χ0v) is 8.58. The topological polar surface area (TPSA) is 23.8 Å². The molecule has 1 nitrogen and oxygen atoms in total. The van der Waals surface area contributed by atoms with Crippen LogP contribution in [0.2, 0.25) is 0 Å². The van der Waals surface area contributed by atoms with E-state index < -0.39 is 0 Å². The van der Waals surface area contributed by atoms with Crippen LogP contribution < -0.4 is 18.9 Å². The average molecular weight is 155 g/mol. The molecule has 0 unspecified atom stereocenters. The van der Waals surface area contributed by atoms with Crippen molar-refractivity contribution in [1.82, 2.24) is 0 Å². The Kier molecular flexibility index (Phi) is 3.90. The number of nitrogens with one attached hydrogen (secondary N) is 1. The normalized spacial score (nSPS) is 9.33. The molecular formula is C10H14LiN. The number of benzene rings is 1. The minimum absolute atomic E-state index is 0. The van der Waals surface area contributed by atoms with Crippen LogP contribution in [0, 0.1) is 27.7 Å². The van der Waals surface area contributed by atoms with Gasteiger partial charge in [-0.1, -0.05) is 17.2 Å². The summed E-state index contributed by atoms with van der Waals surface area (Å²) in [6, 6.07) is 2.14. The predicted octanol–water partition coefficient (Wildman–Crippen LogP) is 0.608. The number of hydrogen-bond acceptors (Lipinski definition) is 0. The van der Waals surface area contributed by atoms with E-state index in [1.165, 1.54) is 11.1 Å². The second kappa shape index (κ2) is 4.03. The van der Waals surface area contributed by atoms with Crippen molar-refractivity contribution in [1.29, 1.82) is 0 Å². The third-order valence-corrected chi connectivity index (χ3v) is 2.37. The minimum Gasteiger partial charge on any atom is -0.698 e. The smallest absolute Gasteiger partial charge is 0.698 e. The third-order valence-electron chi connectivity index (χ3n) is 2.37. The van der Waals surface area contributed by atoms with Gasteiger partial charge in [0, 0.05) is 0 Å². The largest absolute Gasteiger partial charge is 1.00 e. The second-order valence-electron chi connectivity index (χ2n) is 3.14. The molecule has 1 aromatic carbocycles. The summed E-state index contributed by atoms with van der Waals surface area (Å²) in [5.74, 6) is 0. The zero-order valence-electron chi connectivity index (χ0n) is 8.58. The van der Waals surface area contributed by atoms with Crippen LogP contribution in [-0.4, -0.2) is 0 Å². The first kappa shape index (κ1) is 11.6. The fraction of sp³-hybridized carbons (Fsp3) is 0.400. The first-order chi connectivity index (χ1) is 5.04. The molecular weight excluding hydrogens is 141 g/mol. The van der Waals surface area contributed by atoms with Crippen molar-refractivity contribution < 1.29 is 18.9 Å². The Hall–Kier alpha value is -0.383. The van der Waals surface area contributed by atoms with Crippen molar-refractivity contribution in [3.05, 3.63) is 34.1 Å². The van der Waals surface area contributed by atoms with Crippen molar-refractivity contribution in [3.8, 4) is 0 Å². The van der Waals surface area contributed by atoms with Gasteiger partial charge in [0.25, 0.3) is 0 Å². The molecule has 0 bridgehead atoms. The first-order valence-electron chi connectivity index (χ1n) is 3.83. The Bertz CT molecular complexity index is 266. The zero-order chi connectivity index (χ0) is 8.59. The molecule has 1 aromatic rings. The maximum Gasteiger partial charge on any atom is 1.00 e. The summed E-state index contributed by atoms with van der Waals surface area (Å²) in [7, 11) is 0. The molecule has 0 aromatic heterocycles. The molecule has 0 heterocycles. The van der Waals surface area contributed by atoms with E-state index in [1.54, 1.807) is 0 Å². The second-order valence-corrected chi connectivity index (χ2v) is 3.14. The van der Waals surface area contributed by atoms with Gasteiger partial charge in [-0.25, -0.2) is 0 Å². The maximum atomic E-state index is 7.73. The van der Waals surface area contributed by atoms with Gasteiger partial charge in [0.2, 0.25) is 0 Å². The minimum atomic E-state index is 0. The van der Waals surface area contributed by atoms with Crippen LogP contribution in [0.25, 0.3) is 5.73 Å². The molecule has 0 spiro atoms. The molecule has 0 amide bonds. The Balaban J connectivity index is 0.00000121. The summed E-state index contributed by atoms with van der Waals surface area (Å²) in [5, 5.41) is 0. The maximum absolute atomic E-state index is 7.73. The Labute approximate surface area is 86.5 Å². The average Bonchev–Trinajstić information content (AvgIpc) is 1.97. The molecule has 0 saturated heterocycles. The first-order valence-corrected chi connectivity index (χ1v) is 3.83. The molecule has 0 aliphatic heterocycles. The molecule has 1 rings (SSSR count). The summed E-state index contributed by atoms with van der Waals surface area (Å²) >= 11 is 0. The number of hydrogen-bond donors (Lipinski definition) is 0. The molecule has 0 radical (unpaired) electrons. The predicted molar refractivity (Wildman–Crippen MR) is 49.4 cm³/mol. The van der Waals surface area contributed by atoms with E-state index in [1.807, 2.05) is 13.8 Å². The molecule has 60 valence electrons. The molecule has 12 heavy (non-hydrogen) atoms. The van der Waals surface area contributed by atoms with Crippen LogP contribution in [0.15, 0.2) is 6.07 Å². The SMILES string of the molecule is Cc1cc(C)c(C)c([NH-])c1C.[Li+]. The van der Waals surface area contributed by atoms with Gasteiger partial charge in [0.1, 0.15) is 0 Å². The molecule has 1 N–H and O–H groups in total. The van der Waals surface area contributed by atoms with Gasteiger partial charge in [-0.2, -0.15) is 0 Å². The molecule has 0 atom stereocenters. The van der Waals surface area contributed by atoms with E-state index in [4.69, 9.17) is 5.73 Å². The Morgan fingerprint density at radius 1 is 0.917 bits per heavy atom. The van der Waals surface area contributed by atoms with Gasteiger partial charge in [-0.05, 0) is 38.8 Å². The summed E-state index contributed by atoms with van der Waals surface area (Å²) < 4.78 is 0. The van der Waals surface area contributed by atoms with E-state index in [9.17, 15) is 0 Å². The van der Waals surface area contributed by atoms with Crippen molar-refractivity contribution in [2.24, 2.45) is 0 Å². The van der Waals surface area contributed by atoms with E-state index in [0.717, 1.165) is 11.1 Å². The molecule has 0 aliphatic rings. The van der Waals surface area contributed by atoms with Crippen LogP contribution in [0.4, 0.5) is 5.69 Å². The monoisotopic (exact) mass is 155 g/mol. The number of aryl methyl sites for hydroxylation is 2. The molecule has 0 saturated carbocycles. The van der Waals surface area contributed by atoms with Gasteiger partial charge >= 0.3 is 18.9 Å². The van der Waals surface area contributed by atoms with Gasteiger partial charge in [-0.3, -0.25) is 0 Å².